The molecule has 0 saturated heterocycles. The topological polar surface area (TPSA) is 24.4 Å². The van der Waals surface area contributed by atoms with Crippen molar-refractivity contribution in [3.63, 3.8) is 0 Å². The van der Waals surface area contributed by atoms with Gasteiger partial charge >= 0.3 is 0 Å². The van der Waals surface area contributed by atoms with E-state index < -0.39 is 0 Å². The van der Waals surface area contributed by atoms with Crippen LogP contribution in [0.2, 0.25) is 0 Å². The third-order valence-electron chi connectivity index (χ3n) is 2.44. The Bertz CT molecular complexity index is 348. The number of hydrogen-bond donors (Lipinski definition) is 1. The van der Waals surface area contributed by atoms with Gasteiger partial charge in [-0.25, -0.2) is 0 Å². The normalized spacial score (nSPS) is 22.3. The molecule has 1 aliphatic heterocycles. The van der Waals surface area contributed by atoms with Gasteiger partial charge in [-0.1, -0.05) is 49.0 Å². The third kappa shape index (κ3) is 2.75. The van der Waals surface area contributed by atoms with Crippen LogP contribution in [0.1, 0.15) is 25.5 Å². The van der Waals surface area contributed by atoms with Crippen molar-refractivity contribution in [1.29, 1.82) is 0 Å². The highest BCUT2D eigenvalue weighted by atomic mass is 32.2. The lowest BCUT2D eigenvalue weighted by Gasteiger charge is -2.14. The average Bonchev–Trinajstić information content (AvgIpc) is 2.65. The Morgan fingerprint density at radius 1 is 1.40 bits per heavy atom. The lowest BCUT2D eigenvalue weighted by molar-refractivity contribution is 0.723. The number of nitrogens with zero attached hydrogens (tertiary/aromatic N) is 1. The molecule has 2 nitrogen and oxygen atoms in total. The van der Waals surface area contributed by atoms with Gasteiger partial charge in [-0.2, -0.15) is 0 Å². The van der Waals surface area contributed by atoms with Crippen LogP contribution in [0.3, 0.4) is 0 Å². The van der Waals surface area contributed by atoms with Crippen LogP contribution in [-0.2, 0) is 0 Å². The molecule has 0 amide bonds. The molecule has 1 aromatic rings. The van der Waals surface area contributed by atoms with E-state index in [1.165, 1.54) is 5.56 Å². The number of aliphatic imine (C=N–C) groups is 1. The summed E-state index contributed by atoms with van der Waals surface area (Å²) in [5.74, 6) is 0. The van der Waals surface area contributed by atoms with Crippen LogP contribution in [0.25, 0.3) is 0 Å². The Hall–Kier alpha value is -0.960. The smallest absolute Gasteiger partial charge is 0.157 e. The predicted octanol–water partition coefficient (Wildman–Crippen LogP) is 2.83. The maximum absolute atomic E-state index is 4.45. The van der Waals surface area contributed by atoms with Crippen LogP contribution in [0.4, 0.5) is 0 Å². The summed E-state index contributed by atoms with van der Waals surface area (Å²) in [6.07, 6.45) is 0. The van der Waals surface area contributed by atoms with Crippen LogP contribution in [0.15, 0.2) is 35.3 Å². The second kappa shape index (κ2) is 4.71. The second-order valence-electron chi connectivity index (χ2n) is 3.85. The average molecular weight is 220 g/mol. The lowest BCUT2D eigenvalue weighted by Crippen LogP contribution is -2.23. The van der Waals surface area contributed by atoms with Gasteiger partial charge in [-0.15, -0.1) is 0 Å². The van der Waals surface area contributed by atoms with Crippen molar-refractivity contribution in [1.82, 2.24) is 5.32 Å². The molecule has 15 heavy (non-hydrogen) atoms. The number of nitrogens with one attached hydrogen (secondary N) is 1. The summed E-state index contributed by atoms with van der Waals surface area (Å²) in [6, 6.07) is 10.8. The monoisotopic (exact) mass is 220 g/mol. The molecule has 0 spiro atoms. The van der Waals surface area contributed by atoms with E-state index in [0.717, 1.165) is 11.7 Å². The zero-order valence-corrected chi connectivity index (χ0v) is 9.92. The summed E-state index contributed by atoms with van der Waals surface area (Å²) in [5.41, 5.74) is 1.31. The fourth-order valence-corrected chi connectivity index (χ4v) is 2.49. The molecule has 2 rings (SSSR count). The minimum atomic E-state index is 0.336. The van der Waals surface area contributed by atoms with E-state index in [2.05, 4.69) is 48.4 Å². The van der Waals surface area contributed by atoms with E-state index in [1.54, 1.807) is 0 Å². The van der Waals surface area contributed by atoms with Crippen molar-refractivity contribution in [2.45, 2.75) is 25.1 Å². The molecule has 0 unspecified atom stereocenters. The molecule has 1 aromatic carbocycles. The van der Waals surface area contributed by atoms with Crippen LogP contribution in [0.5, 0.6) is 0 Å². The highest BCUT2D eigenvalue weighted by Gasteiger charge is 2.16. The van der Waals surface area contributed by atoms with Gasteiger partial charge in [0.1, 0.15) is 0 Å². The van der Waals surface area contributed by atoms with Crippen molar-refractivity contribution in [3.05, 3.63) is 35.9 Å². The van der Waals surface area contributed by atoms with Crippen molar-refractivity contribution >= 4 is 16.9 Å². The summed E-state index contributed by atoms with van der Waals surface area (Å²) in [6.45, 7) is 5.31. The Labute approximate surface area is 95.2 Å². The van der Waals surface area contributed by atoms with Gasteiger partial charge in [0, 0.05) is 5.25 Å². The van der Waals surface area contributed by atoms with E-state index in [1.807, 2.05) is 17.8 Å². The summed E-state index contributed by atoms with van der Waals surface area (Å²) in [5, 5.41) is 5.14. The molecule has 0 saturated carbocycles. The van der Waals surface area contributed by atoms with Crippen LogP contribution in [-0.4, -0.2) is 17.0 Å². The Morgan fingerprint density at radius 2 is 2.13 bits per heavy atom. The van der Waals surface area contributed by atoms with E-state index in [-0.39, 0.29) is 0 Å². The number of amidine groups is 1. The molecule has 2 atom stereocenters. The zero-order chi connectivity index (χ0) is 10.7. The van der Waals surface area contributed by atoms with E-state index in [0.29, 0.717) is 11.3 Å². The van der Waals surface area contributed by atoms with Crippen LogP contribution >= 0.6 is 11.8 Å². The standard InChI is InChI=1S/C12H16N2S/c1-9-8-13-12(15-9)14-10(2)11-6-4-3-5-7-11/h3-7,9-10H,8H2,1-2H3,(H,13,14)/t9-,10-/m0/s1. The molecule has 1 heterocycles. The summed E-state index contributed by atoms with van der Waals surface area (Å²) < 4.78 is 0. The minimum absolute atomic E-state index is 0.336. The van der Waals surface area contributed by atoms with Gasteiger partial charge in [0.2, 0.25) is 0 Å². The van der Waals surface area contributed by atoms with Gasteiger partial charge in [0.15, 0.2) is 5.17 Å². The Kier molecular flexibility index (Phi) is 3.31. The molecular formula is C12H16N2S. The molecule has 3 heteroatoms. The predicted molar refractivity (Wildman–Crippen MR) is 67.3 cm³/mol. The molecule has 80 valence electrons. The lowest BCUT2D eigenvalue weighted by atomic mass is 10.1. The molecule has 0 aromatic heterocycles. The number of thioether (sulfide) groups is 1. The fourth-order valence-electron chi connectivity index (χ4n) is 1.57. The summed E-state index contributed by atoms with van der Waals surface area (Å²) in [7, 11) is 0. The molecule has 0 aliphatic carbocycles. The van der Waals surface area contributed by atoms with Gasteiger partial charge < -0.3 is 5.32 Å². The molecule has 1 N–H and O–H groups in total. The van der Waals surface area contributed by atoms with Crippen molar-refractivity contribution in [2.75, 3.05) is 6.54 Å². The van der Waals surface area contributed by atoms with E-state index >= 15 is 0 Å². The van der Waals surface area contributed by atoms with E-state index in [4.69, 9.17) is 0 Å². The SMILES string of the molecule is C[C@H](NC1=NC[C@H](C)S1)c1ccccc1. The highest BCUT2D eigenvalue weighted by molar-refractivity contribution is 8.14. The van der Waals surface area contributed by atoms with Crippen molar-refractivity contribution < 1.29 is 0 Å². The van der Waals surface area contributed by atoms with Crippen molar-refractivity contribution in [2.24, 2.45) is 4.99 Å². The quantitative estimate of drug-likeness (QED) is 0.829. The first-order valence-electron chi connectivity index (χ1n) is 5.28. The minimum Gasteiger partial charge on any atom is -0.358 e. The Morgan fingerprint density at radius 3 is 2.73 bits per heavy atom. The van der Waals surface area contributed by atoms with Gasteiger partial charge in [0.25, 0.3) is 0 Å². The third-order valence-corrected chi connectivity index (χ3v) is 3.47. The number of rotatable bonds is 2. The fraction of sp³-hybridized carbons (Fsp3) is 0.417. The first-order chi connectivity index (χ1) is 7.25. The first kappa shape index (κ1) is 10.6. The maximum Gasteiger partial charge on any atom is 0.157 e. The first-order valence-corrected chi connectivity index (χ1v) is 6.16. The maximum atomic E-state index is 4.45. The van der Waals surface area contributed by atoms with Gasteiger partial charge in [-0.05, 0) is 12.5 Å². The molecule has 0 fully saturated rings. The van der Waals surface area contributed by atoms with Crippen LogP contribution < -0.4 is 5.32 Å². The molecule has 1 aliphatic rings. The van der Waals surface area contributed by atoms with Gasteiger partial charge in [0.05, 0.1) is 12.6 Å². The summed E-state index contributed by atoms with van der Waals surface area (Å²) >= 11 is 1.83. The Balaban J connectivity index is 1.96. The number of hydrogen-bond acceptors (Lipinski definition) is 3. The second-order valence-corrected chi connectivity index (χ2v) is 5.28. The zero-order valence-electron chi connectivity index (χ0n) is 9.10. The van der Waals surface area contributed by atoms with Crippen molar-refractivity contribution in [3.8, 4) is 0 Å². The molecule has 0 radical (unpaired) electrons. The van der Waals surface area contributed by atoms with Gasteiger partial charge in [-0.3, -0.25) is 4.99 Å². The van der Waals surface area contributed by atoms with Crippen LogP contribution in [0, 0.1) is 0 Å². The molecule has 0 bridgehead atoms. The van der Waals surface area contributed by atoms with E-state index in [9.17, 15) is 0 Å². The highest BCUT2D eigenvalue weighted by Crippen LogP contribution is 2.21. The molecular weight excluding hydrogens is 204 g/mol. The summed E-state index contributed by atoms with van der Waals surface area (Å²) in [4.78, 5) is 4.45. The number of benzene rings is 1. The largest absolute Gasteiger partial charge is 0.358 e.